The summed E-state index contributed by atoms with van der Waals surface area (Å²) in [5.41, 5.74) is 1.39. The number of hydrogen-bond donors (Lipinski definition) is 2. The van der Waals surface area contributed by atoms with E-state index in [1.165, 1.54) is 29.1 Å². The molecule has 3 heterocycles. The Bertz CT molecular complexity index is 1090. The van der Waals surface area contributed by atoms with Gasteiger partial charge in [-0.15, -0.1) is 5.10 Å². The molecule has 4 aromatic rings. The molecule has 0 aliphatic heterocycles. The van der Waals surface area contributed by atoms with Gasteiger partial charge in [-0.05, 0) is 29.8 Å². The van der Waals surface area contributed by atoms with E-state index in [-0.39, 0.29) is 23.8 Å². The molecule has 9 heteroatoms. The van der Waals surface area contributed by atoms with Crippen LogP contribution in [0, 0.1) is 5.82 Å². The zero-order chi connectivity index (χ0) is 18.8. The Morgan fingerprint density at radius 1 is 1.26 bits per heavy atom. The molecule has 3 aromatic heterocycles. The van der Waals surface area contributed by atoms with Crippen molar-refractivity contribution >= 4 is 17.5 Å². The summed E-state index contributed by atoms with van der Waals surface area (Å²) in [5.74, 6) is 0.575. The molecule has 0 atom stereocenters. The van der Waals surface area contributed by atoms with Gasteiger partial charge in [0.15, 0.2) is 11.4 Å². The minimum Gasteiger partial charge on any atom is -0.461 e. The predicted octanol–water partition coefficient (Wildman–Crippen LogP) is 2.50. The number of carbonyl (C=O) groups excluding carboxylic acids is 1. The molecule has 0 aliphatic carbocycles. The molecule has 0 unspecified atom stereocenters. The van der Waals surface area contributed by atoms with Crippen LogP contribution in [0.25, 0.3) is 17.2 Å². The quantitative estimate of drug-likeness (QED) is 0.563. The molecule has 8 nitrogen and oxygen atoms in total. The topological polar surface area (TPSA) is 97.3 Å². The first-order valence-electron chi connectivity index (χ1n) is 8.16. The summed E-state index contributed by atoms with van der Waals surface area (Å²) in [6.45, 7) is 0.248. The number of aromatic nitrogens is 4. The zero-order valence-corrected chi connectivity index (χ0v) is 14.3. The van der Waals surface area contributed by atoms with E-state index in [2.05, 4.69) is 25.7 Å². The monoisotopic (exact) mass is 366 g/mol. The van der Waals surface area contributed by atoms with Gasteiger partial charge in [0.25, 0.3) is 5.91 Å². The fourth-order valence-electron chi connectivity index (χ4n) is 2.59. The average Bonchev–Trinajstić information content (AvgIpc) is 3.36. The average molecular weight is 366 g/mol. The minimum absolute atomic E-state index is 0.248. The largest absolute Gasteiger partial charge is 0.461 e. The number of anilines is 1. The molecule has 2 N–H and O–H groups in total. The van der Waals surface area contributed by atoms with Gasteiger partial charge in [-0.25, -0.2) is 14.4 Å². The number of nitrogens with one attached hydrogen (secondary N) is 2. The number of furan rings is 1. The highest BCUT2D eigenvalue weighted by atomic mass is 19.1. The maximum atomic E-state index is 13.0. The molecular formula is C18H15FN6O2. The van der Waals surface area contributed by atoms with Crippen LogP contribution < -0.4 is 10.6 Å². The molecule has 27 heavy (non-hydrogen) atoms. The van der Waals surface area contributed by atoms with Crippen LogP contribution in [0.3, 0.4) is 0 Å². The molecule has 0 radical (unpaired) electrons. The van der Waals surface area contributed by atoms with Crippen molar-refractivity contribution in [1.82, 2.24) is 24.9 Å². The highest BCUT2D eigenvalue weighted by Crippen LogP contribution is 2.20. The van der Waals surface area contributed by atoms with E-state index in [1.807, 2.05) is 0 Å². The fraction of sp³-hybridized carbons (Fsp3) is 0.111. The molecule has 0 fully saturated rings. The van der Waals surface area contributed by atoms with E-state index in [0.29, 0.717) is 23.2 Å². The minimum atomic E-state index is -0.363. The summed E-state index contributed by atoms with van der Waals surface area (Å²) >= 11 is 0. The van der Waals surface area contributed by atoms with Gasteiger partial charge in [0, 0.05) is 19.8 Å². The molecule has 0 aliphatic rings. The van der Waals surface area contributed by atoms with Crippen molar-refractivity contribution in [3.8, 4) is 11.6 Å². The normalized spacial score (nSPS) is 10.9. The number of hydrogen-bond acceptors (Lipinski definition) is 6. The number of benzene rings is 1. The number of carbonyl (C=O) groups is 1. The van der Waals surface area contributed by atoms with E-state index >= 15 is 0 Å². The second-order valence-corrected chi connectivity index (χ2v) is 5.70. The Hall–Kier alpha value is -3.75. The molecule has 1 amide bonds. The van der Waals surface area contributed by atoms with Crippen molar-refractivity contribution < 1.29 is 13.6 Å². The molecule has 0 saturated carbocycles. The van der Waals surface area contributed by atoms with Gasteiger partial charge in [0.2, 0.25) is 11.8 Å². The van der Waals surface area contributed by atoms with Crippen molar-refractivity contribution in [2.75, 3.05) is 12.4 Å². The highest BCUT2D eigenvalue weighted by Gasteiger charge is 2.19. The summed E-state index contributed by atoms with van der Waals surface area (Å²) in [4.78, 5) is 21.3. The number of rotatable bonds is 5. The van der Waals surface area contributed by atoms with Crippen LogP contribution >= 0.6 is 0 Å². The van der Waals surface area contributed by atoms with Crippen LogP contribution in [0.4, 0.5) is 10.3 Å². The van der Waals surface area contributed by atoms with Crippen LogP contribution in [0.5, 0.6) is 0 Å². The van der Waals surface area contributed by atoms with Crippen molar-refractivity contribution in [2.45, 2.75) is 6.54 Å². The van der Waals surface area contributed by atoms with Crippen LogP contribution in [0.1, 0.15) is 15.9 Å². The Morgan fingerprint density at radius 2 is 2.07 bits per heavy atom. The van der Waals surface area contributed by atoms with Gasteiger partial charge in [0.05, 0.1) is 6.26 Å². The van der Waals surface area contributed by atoms with Crippen molar-refractivity contribution in [3.63, 3.8) is 0 Å². The Kier molecular flexibility index (Phi) is 4.25. The molecule has 0 bridgehead atoms. The molecule has 0 spiro atoms. The lowest BCUT2D eigenvalue weighted by Crippen LogP contribution is -2.24. The Morgan fingerprint density at radius 3 is 2.78 bits per heavy atom. The third kappa shape index (κ3) is 3.22. The zero-order valence-electron chi connectivity index (χ0n) is 14.3. The summed E-state index contributed by atoms with van der Waals surface area (Å²) in [5, 5.41) is 10.1. The van der Waals surface area contributed by atoms with Gasteiger partial charge < -0.3 is 15.1 Å². The smallest absolute Gasteiger partial charge is 0.256 e. The van der Waals surface area contributed by atoms with E-state index in [9.17, 15) is 9.18 Å². The summed E-state index contributed by atoms with van der Waals surface area (Å²) in [6, 6.07) is 9.37. The first kappa shape index (κ1) is 16.7. The third-order valence-electron chi connectivity index (χ3n) is 3.94. The lowest BCUT2D eigenvalue weighted by molar-refractivity contribution is 0.0951. The summed E-state index contributed by atoms with van der Waals surface area (Å²) < 4.78 is 19.8. The maximum absolute atomic E-state index is 13.0. The lowest BCUT2D eigenvalue weighted by Gasteiger charge is -2.07. The molecule has 1 aromatic carbocycles. The lowest BCUT2D eigenvalue weighted by atomic mass is 10.2. The number of fused-ring (bicyclic) bond motifs is 1. The number of amides is 1. The van der Waals surface area contributed by atoms with Crippen molar-refractivity contribution in [1.29, 1.82) is 0 Å². The van der Waals surface area contributed by atoms with Gasteiger partial charge in [0.1, 0.15) is 11.4 Å². The van der Waals surface area contributed by atoms with Gasteiger partial charge >= 0.3 is 0 Å². The van der Waals surface area contributed by atoms with Gasteiger partial charge in [-0.2, -0.15) is 4.52 Å². The molecule has 136 valence electrons. The Balaban J connectivity index is 1.66. The maximum Gasteiger partial charge on any atom is 0.256 e. The van der Waals surface area contributed by atoms with Gasteiger partial charge in [-0.1, -0.05) is 12.1 Å². The van der Waals surface area contributed by atoms with Gasteiger partial charge in [-0.3, -0.25) is 4.79 Å². The molecule has 4 rings (SSSR count). The fourth-order valence-corrected chi connectivity index (χ4v) is 2.59. The van der Waals surface area contributed by atoms with Crippen LogP contribution in [0.15, 0.2) is 53.3 Å². The SMILES string of the molecule is CNc1ncc(C(=O)NCc2ccc(F)cc2)c2nc(-c3ccco3)nn12. The summed E-state index contributed by atoms with van der Waals surface area (Å²) in [7, 11) is 1.70. The van der Waals surface area contributed by atoms with E-state index < -0.39 is 0 Å². The first-order chi connectivity index (χ1) is 13.2. The number of nitrogens with zero attached hydrogens (tertiary/aromatic N) is 4. The molecular weight excluding hydrogens is 351 g/mol. The second kappa shape index (κ2) is 6.87. The third-order valence-corrected chi connectivity index (χ3v) is 3.94. The summed E-state index contributed by atoms with van der Waals surface area (Å²) in [6.07, 6.45) is 2.95. The van der Waals surface area contributed by atoms with Crippen LogP contribution in [-0.4, -0.2) is 32.5 Å². The predicted molar refractivity (Wildman–Crippen MR) is 95.6 cm³/mol. The van der Waals surface area contributed by atoms with E-state index in [4.69, 9.17) is 4.42 Å². The first-order valence-corrected chi connectivity index (χ1v) is 8.16. The van der Waals surface area contributed by atoms with Crippen molar-refractivity contribution in [3.05, 3.63) is 65.8 Å². The Labute approximate surface area is 153 Å². The molecule has 0 saturated heterocycles. The number of halogens is 1. The highest BCUT2D eigenvalue weighted by molar-refractivity contribution is 5.99. The van der Waals surface area contributed by atoms with E-state index in [1.54, 1.807) is 31.3 Å². The van der Waals surface area contributed by atoms with E-state index in [0.717, 1.165) is 5.56 Å². The van der Waals surface area contributed by atoms with Crippen LogP contribution in [-0.2, 0) is 6.54 Å². The van der Waals surface area contributed by atoms with Crippen LogP contribution in [0.2, 0.25) is 0 Å². The second-order valence-electron chi connectivity index (χ2n) is 5.70. The standard InChI is InChI=1S/C18H15FN6O2/c1-20-18-22-10-13(17(26)21-9-11-4-6-12(19)7-5-11)16-23-15(24-25(16)18)14-3-2-8-27-14/h2-8,10H,9H2,1H3,(H,20,22)(H,21,26). The van der Waals surface area contributed by atoms with Crippen molar-refractivity contribution in [2.24, 2.45) is 0 Å².